The topological polar surface area (TPSA) is 103 Å². The average Bonchev–Trinajstić information content (AvgIpc) is 3.74. The van der Waals surface area contributed by atoms with Gasteiger partial charge in [0.2, 0.25) is 5.95 Å². The van der Waals surface area contributed by atoms with Crippen LogP contribution in [0.15, 0.2) is 12.1 Å². The fraction of sp³-hybridized carbons (Fsp3) is 0.433. The molecule has 6 heterocycles. The Morgan fingerprint density at radius 2 is 1.93 bits per heavy atom. The number of anilines is 3. The average molecular weight is 590 g/mol. The van der Waals surface area contributed by atoms with E-state index in [2.05, 4.69) is 28.1 Å². The van der Waals surface area contributed by atoms with Crippen LogP contribution in [0.25, 0.3) is 32.1 Å². The van der Waals surface area contributed by atoms with E-state index in [0.29, 0.717) is 68.4 Å². The molecule has 4 aliphatic heterocycles. The van der Waals surface area contributed by atoms with Crippen molar-refractivity contribution in [2.45, 2.75) is 51.5 Å². The fourth-order valence-electron chi connectivity index (χ4n) is 7.36. The molecule has 2 bridgehead atoms. The number of nitriles is 1. The van der Waals surface area contributed by atoms with Gasteiger partial charge in [0, 0.05) is 49.2 Å². The zero-order chi connectivity index (χ0) is 28.0. The van der Waals surface area contributed by atoms with Gasteiger partial charge in [-0.3, -0.25) is 0 Å². The van der Waals surface area contributed by atoms with Crippen LogP contribution in [0.1, 0.15) is 42.9 Å². The van der Waals surface area contributed by atoms with Crippen molar-refractivity contribution in [3.8, 4) is 17.2 Å². The van der Waals surface area contributed by atoms with E-state index in [-0.39, 0.29) is 5.56 Å². The van der Waals surface area contributed by atoms with Crippen LogP contribution in [0.3, 0.4) is 0 Å². The summed E-state index contributed by atoms with van der Waals surface area (Å²) in [5.41, 5.74) is 10.5. The zero-order valence-corrected chi connectivity index (χ0v) is 24.2. The highest BCUT2D eigenvalue weighted by Gasteiger charge is 2.40. The number of rotatable bonds is 3. The quantitative estimate of drug-likeness (QED) is 0.319. The predicted octanol–water partition coefficient (Wildman–Crippen LogP) is 5.57. The normalized spacial score (nSPS) is 23.6. The second-order valence-electron chi connectivity index (χ2n) is 11.8. The Morgan fingerprint density at radius 3 is 2.66 bits per heavy atom. The molecule has 4 aliphatic rings. The van der Waals surface area contributed by atoms with Gasteiger partial charge in [-0.1, -0.05) is 24.6 Å². The molecule has 0 radical (unpaired) electrons. The maximum Gasteiger partial charge on any atom is 0.227 e. The largest absolute Gasteiger partial charge is 0.389 e. The van der Waals surface area contributed by atoms with Gasteiger partial charge in [-0.15, -0.1) is 11.3 Å². The standard InChI is InChI=1S/C30H29ClFN7OS/c1-14-6-7-38(11-14)30-36-26-24(29(37-30)39-15-2-3-16(39)10-35-9-15)20-13-40-12-19(20)22(25(26)31)17-4-5-21(32)27-23(17)18(8-33)28(34)41-27/h4-5,14-16,35H,2-3,6-7,9-13,34H2,1H3. The number of halogens is 2. The van der Waals surface area contributed by atoms with Gasteiger partial charge < -0.3 is 25.6 Å². The number of ether oxygens (including phenoxy) is 1. The first kappa shape index (κ1) is 25.5. The number of thiophene rings is 1. The van der Waals surface area contributed by atoms with Crippen LogP contribution >= 0.6 is 22.9 Å². The Bertz CT molecular complexity index is 1790. The van der Waals surface area contributed by atoms with E-state index in [4.69, 9.17) is 32.0 Å². The molecule has 0 spiro atoms. The van der Waals surface area contributed by atoms with Crippen molar-refractivity contribution in [3.63, 3.8) is 0 Å². The van der Waals surface area contributed by atoms with E-state index in [1.807, 2.05) is 0 Å². The zero-order valence-electron chi connectivity index (χ0n) is 22.6. The third-order valence-electron chi connectivity index (χ3n) is 9.30. The Labute approximate surface area is 245 Å². The van der Waals surface area contributed by atoms with Crippen LogP contribution < -0.4 is 20.9 Å². The van der Waals surface area contributed by atoms with E-state index in [9.17, 15) is 9.65 Å². The molecule has 2 aromatic heterocycles. The third-order valence-corrected chi connectivity index (χ3v) is 10.7. The molecular formula is C30H29ClFN7OS. The molecule has 4 aromatic rings. The molecule has 3 N–H and O–H groups in total. The Kier molecular flexibility index (Phi) is 5.84. The minimum atomic E-state index is -0.406. The van der Waals surface area contributed by atoms with Crippen molar-refractivity contribution in [1.82, 2.24) is 15.3 Å². The Morgan fingerprint density at radius 1 is 1.15 bits per heavy atom. The van der Waals surface area contributed by atoms with E-state index in [1.54, 1.807) is 6.07 Å². The number of hydrogen-bond acceptors (Lipinski definition) is 9. The number of nitrogen functional groups attached to an aromatic ring is 1. The first-order valence-electron chi connectivity index (χ1n) is 14.2. The van der Waals surface area contributed by atoms with Crippen molar-refractivity contribution < 1.29 is 9.13 Å². The van der Waals surface area contributed by atoms with Crippen LogP contribution in [-0.2, 0) is 18.0 Å². The summed E-state index contributed by atoms with van der Waals surface area (Å²) in [5.74, 6) is 1.79. The summed E-state index contributed by atoms with van der Waals surface area (Å²) in [5, 5.41) is 15.8. The molecule has 210 valence electrons. The lowest BCUT2D eigenvalue weighted by molar-refractivity contribution is 0.135. The fourth-order valence-corrected chi connectivity index (χ4v) is 8.66. The molecule has 0 saturated carbocycles. The highest BCUT2D eigenvalue weighted by atomic mass is 35.5. The highest BCUT2D eigenvalue weighted by molar-refractivity contribution is 7.23. The summed E-state index contributed by atoms with van der Waals surface area (Å²) in [6.45, 7) is 6.68. The van der Waals surface area contributed by atoms with Crippen molar-refractivity contribution in [2.24, 2.45) is 5.92 Å². The molecule has 3 atom stereocenters. The highest BCUT2D eigenvalue weighted by Crippen LogP contribution is 2.50. The summed E-state index contributed by atoms with van der Waals surface area (Å²) < 4.78 is 21.4. The lowest BCUT2D eigenvalue weighted by Gasteiger charge is -2.37. The molecule has 0 amide bonds. The summed E-state index contributed by atoms with van der Waals surface area (Å²) in [6.07, 6.45) is 3.33. The Balaban J connectivity index is 1.45. The van der Waals surface area contributed by atoms with Crippen molar-refractivity contribution in [3.05, 3.63) is 39.7 Å². The van der Waals surface area contributed by atoms with Crippen molar-refractivity contribution >= 4 is 60.7 Å². The Hall–Kier alpha value is -3.23. The molecule has 3 fully saturated rings. The van der Waals surface area contributed by atoms with Crippen LogP contribution in [0.4, 0.5) is 21.2 Å². The van der Waals surface area contributed by atoms with Gasteiger partial charge >= 0.3 is 0 Å². The first-order valence-corrected chi connectivity index (χ1v) is 15.4. The van der Waals surface area contributed by atoms with Crippen LogP contribution in [0.2, 0.25) is 5.02 Å². The number of benzene rings is 2. The second kappa shape index (κ2) is 9.39. The van der Waals surface area contributed by atoms with Gasteiger partial charge in [0.05, 0.1) is 39.4 Å². The predicted molar refractivity (Wildman–Crippen MR) is 161 cm³/mol. The molecule has 3 unspecified atom stereocenters. The van der Waals surface area contributed by atoms with E-state index >= 15 is 0 Å². The third kappa shape index (κ3) is 3.69. The molecule has 11 heteroatoms. The number of aromatic nitrogens is 2. The lowest BCUT2D eigenvalue weighted by atomic mass is 9.90. The number of nitrogens with one attached hydrogen (secondary N) is 1. The molecule has 41 heavy (non-hydrogen) atoms. The van der Waals surface area contributed by atoms with Gasteiger partial charge in [-0.25, -0.2) is 9.37 Å². The monoisotopic (exact) mass is 589 g/mol. The van der Waals surface area contributed by atoms with Gasteiger partial charge in [-0.05, 0) is 47.9 Å². The summed E-state index contributed by atoms with van der Waals surface area (Å²) >= 11 is 8.50. The van der Waals surface area contributed by atoms with Gasteiger partial charge in [-0.2, -0.15) is 10.2 Å². The van der Waals surface area contributed by atoms with E-state index in [1.165, 1.54) is 6.07 Å². The van der Waals surface area contributed by atoms with Gasteiger partial charge in [0.1, 0.15) is 22.7 Å². The number of fused-ring (bicyclic) bond motifs is 6. The van der Waals surface area contributed by atoms with Crippen LogP contribution in [0.5, 0.6) is 0 Å². The summed E-state index contributed by atoms with van der Waals surface area (Å²) in [6, 6.07) is 6.05. The van der Waals surface area contributed by atoms with Crippen LogP contribution in [0, 0.1) is 23.1 Å². The van der Waals surface area contributed by atoms with Gasteiger partial charge in [0.15, 0.2) is 0 Å². The number of piperazine rings is 1. The summed E-state index contributed by atoms with van der Waals surface area (Å²) in [7, 11) is 0. The second-order valence-corrected chi connectivity index (χ2v) is 13.2. The lowest BCUT2D eigenvalue weighted by Crippen LogP contribution is -2.52. The van der Waals surface area contributed by atoms with E-state index in [0.717, 1.165) is 84.7 Å². The maximum atomic E-state index is 15.0. The number of nitrogens with two attached hydrogens (primary N) is 1. The van der Waals surface area contributed by atoms with Crippen LogP contribution in [-0.4, -0.2) is 48.2 Å². The van der Waals surface area contributed by atoms with E-state index < -0.39 is 5.82 Å². The van der Waals surface area contributed by atoms with Crippen molar-refractivity contribution in [2.75, 3.05) is 41.7 Å². The summed E-state index contributed by atoms with van der Waals surface area (Å²) in [4.78, 5) is 15.2. The molecule has 8 rings (SSSR count). The minimum Gasteiger partial charge on any atom is -0.389 e. The molecule has 2 aromatic carbocycles. The molecule has 8 nitrogen and oxygen atoms in total. The molecular weight excluding hydrogens is 561 g/mol. The smallest absolute Gasteiger partial charge is 0.227 e. The molecule has 0 aliphatic carbocycles. The number of hydrogen-bond donors (Lipinski definition) is 2. The van der Waals surface area contributed by atoms with Gasteiger partial charge in [0.25, 0.3) is 0 Å². The molecule has 3 saturated heterocycles. The SMILES string of the molecule is CC1CCN(c2nc(N3C4CCC3CNC4)c3c4c(c(-c5ccc(F)c6sc(N)c(C#N)c56)c(Cl)c3n2)COC4)C1. The first-order chi connectivity index (χ1) is 19.9. The maximum absolute atomic E-state index is 15.0. The number of nitrogens with zero attached hydrogens (tertiary/aromatic N) is 5. The minimum absolute atomic E-state index is 0.274. The van der Waals surface area contributed by atoms with Crippen molar-refractivity contribution in [1.29, 1.82) is 5.26 Å².